The van der Waals surface area contributed by atoms with Crippen molar-refractivity contribution in [3.63, 3.8) is 0 Å². The Labute approximate surface area is 150 Å². The van der Waals surface area contributed by atoms with E-state index in [-0.39, 0.29) is 5.60 Å². The summed E-state index contributed by atoms with van der Waals surface area (Å²) < 4.78 is 7.19. The molecular weight excluding hydrogens is 338 g/mol. The van der Waals surface area contributed by atoms with E-state index in [2.05, 4.69) is 37.7 Å². The van der Waals surface area contributed by atoms with Gasteiger partial charge in [0.15, 0.2) is 0 Å². The van der Waals surface area contributed by atoms with E-state index in [0.29, 0.717) is 6.61 Å². The van der Waals surface area contributed by atoms with Crippen LogP contribution in [-0.4, -0.2) is 26.3 Å². The van der Waals surface area contributed by atoms with Crippen LogP contribution >= 0.6 is 23.1 Å². The third kappa shape index (κ3) is 2.61. The van der Waals surface area contributed by atoms with Crippen molar-refractivity contribution in [2.45, 2.75) is 57.8 Å². The highest BCUT2D eigenvalue weighted by Gasteiger charge is 2.30. The van der Waals surface area contributed by atoms with Crippen molar-refractivity contribution in [2.24, 2.45) is 0 Å². The molecular formula is C18H21N3OS2. The SMILES string of the molecule is CCCSc1ncnc2c1sc1nc(C)c3c(c12)CC(C)(C)OC3. The lowest BCUT2D eigenvalue weighted by Gasteiger charge is -2.32. The van der Waals surface area contributed by atoms with Gasteiger partial charge >= 0.3 is 0 Å². The highest BCUT2D eigenvalue weighted by atomic mass is 32.2. The van der Waals surface area contributed by atoms with Gasteiger partial charge in [0.2, 0.25) is 0 Å². The van der Waals surface area contributed by atoms with E-state index >= 15 is 0 Å². The van der Waals surface area contributed by atoms with E-state index in [9.17, 15) is 0 Å². The largest absolute Gasteiger partial charge is 0.370 e. The van der Waals surface area contributed by atoms with Crippen LogP contribution in [0.1, 0.15) is 44.0 Å². The van der Waals surface area contributed by atoms with E-state index in [1.54, 1.807) is 17.7 Å². The van der Waals surface area contributed by atoms with E-state index < -0.39 is 0 Å². The van der Waals surface area contributed by atoms with Crippen LogP contribution in [0.4, 0.5) is 0 Å². The molecule has 0 aromatic carbocycles. The molecule has 0 saturated carbocycles. The summed E-state index contributed by atoms with van der Waals surface area (Å²) in [6.07, 6.45) is 3.73. The number of nitrogens with zero attached hydrogens (tertiary/aromatic N) is 3. The molecule has 0 bridgehead atoms. The first-order chi connectivity index (χ1) is 11.5. The first kappa shape index (κ1) is 16.2. The number of thiophene rings is 1. The van der Waals surface area contributed by atoms with E-state index in [0.717, 1.165) is 39.7 Å². The molecule has 0 saturated heterocycles. The van der Waals surface area contributed by atoms with E-state index in [1.807, 2.05) is 11.8 Å². The van der Waals surface area contributed by atoms with Crippen molar-refractivity contribution >= 4 is 43.5 Å². The second-order valence-electron chi connectivity index (χ2n) is 6.87. The van der Waals surface area contributed by atoms with Gasteiger partial charge in [0, 0.05) is 23.1 Å². The molecule has 4 nitrogen and oxygen atoms in total. The first-order valence-corrected chi connectivity index (χ1v) is 10.1. The number of hydrogen-bond donors (Lipinski definition) is 0. The molecule has 3 aromatic heterocycles. The third-order valence-electron chi connectivity index (χ3n) is 4.45. The summed E-state index contributed by atoms with van der Waals surface area (Å²) in [7, 11) is 0. The maximum Gasteiger partial charge on any atom is 0.126 e. The molecule has 3 aromatic rings. The predicted octanol–water partition coefficient (Wildman–Crippen LogP) is 4.90. The maximum absolute atomic E-state index is 6.01. The van der Waals surface area contributed by atoms with Crippen LogP contribution in [0.2, 0.25) is 0 Å². The minimum atomic E-state index is -0.144. The Hall–Kier alpha value is -1.24. The van der Waals surface area contributed by atoms with Gasteiger partial charge in [-0.1, -0.05) is 6.92 Å². The zero-order valence-corrected chi connectivity index (χ0v) is 16.1. The lowest BCUT2D eigenvalue weighted by Crippen LogP contribution is -2.32. The lowest BCUT2D eigenvalue weighted by molar-refractivity contribution is -0.0400. The van der Waals surface area contributed by atoms with Crippen LogP contribution in [0, 0.1) is 6.92 Å². The summed E-state index contributed by atoms with van der Waals surface area (Å²) >= 11 is 3.54. The van der Waals surface area contributed by atoms with Gasteiger partial charge in [-0.2, -0.15) is 0 Å². The van der Waals surface area contributed by atoms with Crippen LogP contribution < -0.4 is 0 Å². The molecule has 0 amide bonds. The Morgan fingerprint density at radius 3 is 2.92 bits per heavy atom. The number of aromatic nitrogens is 3. The summed E-state index contributed by atoms with van der Waals surface area (Å²) in [5.74, 6) is 1.08. The highest BCUT2D eigenvalue weighted by Crippen LogP contribution is 2.42. The minimum Gasteiger partial charge on any atom is -0.370 e. The number of aryl methyl sites for hydroxylation is 1. The Balaban J connectivity index is 2.01. The molecule has 0 fully saturated rings. The molecule has 0 N–H and O–H groups in total. The summed E-state index contributed by atoms with van der Waals surface area (Å²) in [4.78, 5) is 15.1. The quantitative estimate of drug-likeness (QED) is 0.492. The molecule has 24 heavy (non-hydrogen) atoms. The zero-order chi connectivity index (χ0) is 16.9. The molecule has 1 aliphatic rings. The predicted molar refractivity (Wildman–Crippen MR) is 101 cm³/mol. The molecule has 4 heterocycles. The zero-order valence-electron chi connectivity index (χ0n) is 14.5. The van der Waals surface area contributed by atoms with E-state index in [4.69, 9.17) is 9.72 Å². The molecule has 6 heteroatoms. The normalized spacial score (nSPS) is 16.7. The fourth-order valence-electron chi connectivity index (χ4n) is 3.25. The van der Waals surface area contributed by atoms with Crippen molar-refractivity contribution in [3.8, 4) is 0 Å². The Morgan fingerprint density at radius 1 is 1.29 bits per heavy atom. The average Bonchev–Trinajstić information content (AvgIpc) is 2.90. The highest BCUT2D eigenvalue weighted by molar-refractivity contribution is 7.99. The Kier molecular flexibility index (Phi) is 4.01. The number of ether oxygens (including phenoxy) is 1. The summed E-state index contributed by atoms with van der Waals surface area (Å²) in [6, 6.07) is 0. The molecule has 126 valence electrons. The number of thioether (sulfide) groups is 1. The van der Waals surface area contributed by atoms with Gasteiger partial charge in [-0.3, -0.25) is 0 Å². The number of pyridine rings is 1. The van der Waals surface area contributed by atoms with Gasteiger partial charge < -0.3 is 4.74 Å². The van der Waals surface area contributed by atoms with Gasteiger partial charge in [-0.15, -0.1) is 23.1 Å². The maximum atomic E-state index is 6.01. The Morgan fingerprint density at radius 2 is 2.12 bits per heavy atom. The fraction of sp³-hybridized carbons (Fsp3) is 0.500. The van der Waals surface area contributed by atoms with Gasteiger partial charge in [0.1, 0.15) is 16.2 Å². The fourth-order valence-corrected chi connectivity index (χ4v) is 5.39. The summed E-state index contributed by atoms with van der Waals surface area (Å²) in [5, 5.41) is 2.30. The molecule has 1 aliphatic heterocycles. The van der Waals surface area contributed by atoms with Crippen molar-refractivity contribution in [3.05, 3.63) is 23.1 Å². The average molecular weight is 360 g/mol. The van der Waals surface area contributed by atoms with E-state index in [1.165, 1.54) is 21.2 Å². The van der Waals surface area contributed by atoms with Gasteiger partial charge in [0.05, 0.1) is 22.4 Å². The number of rotatable bonds is 3. The molecule has 0 spiro atoms. The number of hydrogen-bond acceptors (Lipinski definition) is 6. The molecule has 0 atom stereocenters. The first-order valence-electron chi connectivity index (χ1n) is 8.32. The van der Waals surface area contributed by atoms with Crippen LogP contribution in [0.3, 0.4) is 0 Å². The van der Waals surface area contributed by atoms with Crippen LogP contribution in [0.5, 0.6) is 0 Å². The molecule has 0 aliphatic carbocycles. The standard InChI is InChI=1S/C18H21N3OS2/c1-5-6-23-17-15-14(19-9-20-17)13-11-7-18(3,4)22-8-12(11)10(2)21-16(13)24-15/h9H,5-8H2,1-4H3. The van der Waals surface area contributed by atoms with Crippen LogP contribution in [0.25, 0.3) is 20.4 Å². The van der Waals surface area contributed by atoms with Crippen molar-refractivity contribution in [1.82, 2.24) is 15.0 Å². The van der Waals surface area contributed by atoms with Gasteiger partial charge in [-0.25, -0.2) is 15.0 Å². The molecule has 0 radical (unpaired) electrons. The second-order valence-corrected chi connectivity index (χ2v) is 8.95. The van der Waals surface area contributed by atoms with Crippen molar-refractivity contribution < 1.29 is 4.74 Å². The van der Waals surface area contributed by atoms with Crippen LogP contribution in [-0.2, 0) is 17.8 Å². The second kappa shape index (κ2) is 5.93. The Bertz CT molecular complexity index is 933. The molecule has 0 unspecified atom stereocenters. The van der Waals surface area contributed by atoms with Gasteiger partial charge in [-0.05, 0) is 38.5 Å². The van der Waals surface area contributed by atoms with Crippen LogP contribution in [0.15, 0.2) is 11.4 Å². The van der Waals surface area contributed by atoms with Crippen molar-refractivity contribution in [1.29, 1.82) is 0 Å². The number of fused-ring (bicyclic) bond motifs is 5. The lowest BCUT2D eigenvalue weighted by atomic mass is 9.89. The third-order valence-corrected chi connectivity index (χ3v) is 6.85. The molecule has 4 rings (SSSR count). The monoisotopic (exact) mass is 359 g/mol. The minimum absolute atomic E-state index is 0.144. The smallest absolute Gasteiger partial charge is 0.126 e. The summed E-state index contributed by atoms with van der Waals surface area (Å²) in [6.45, 7) is 9.23. The topological polar surface area (TPSA) is 47.9 Å². The van der Waals surface area contributed by atoms with Crippen molar-refractivity contribution in [2.75, 3.05) is 5.75 Å². The van der Waals surface area contributed by atoms with Gasteiger partial charge in [0.25, 0.3) is 0 Å². The summed E-state index contributed by atoms with van der Waals surface area (Å²) in [5.41, 5.74) is 4.60.